The third-order valence-corrected chi connectivity index (χ3v) is 5.30. The molecule has 152 valence electrons. The maximum absolute atomic E-state index is 10.8. The zero-order valence-electron chi connectivity index (χ0n) is 16.1. The summed E-state index contributed by atoms with van der Waals surface area (Å²) in [6.45, 7) is 2.54. The Morgan fingerprint density at radius 3 is 2.50 bits per heavy atom. The van der Waals surface area contributed by atoms with E-state index in [4.69, 9.17) is 9.15 Å². The number of ether oxygens (including phenoxy) is 1. The lowest BCUT2D eigenvalue weighted by atomic mass is 10.2. The van der Waals surface area contributed by atoms with Crippen LogP contribution < -0.4 is 4.74 Å². The highest BCUT2D eigenvalue weighted by molar-refractivity contribution is 7.98. The van der Waals surface area contributed by atoms with E-state index >= 15 is 0 Å². The van der Waals surface area contributed by atoms with Crippen molar-refractivity contribution in [2.45, 2.75) is 17.8 Å². The summed E-state index contributed by atoms with van der Waals surface area (Å²) >= 11 is 1.49. The van der Waals surface area contributed by atoms with Crippen molar-refractivity contribution in [1.29, 1.82) is 0 Å². The number of thioether (sulfide) groups is 1. The van der Waals surface area contributed by atoms with Gasteiger partial charge in [0.05, 0.1) is 23.5 Å². The molecule has 2 aromatic heterocycles. The summed E-state index contributed by atoms with van der Waals surface area (Å²) < 4.78 is 13.0. The topological polar surface area (TPSA) is 96.2 Å². The SMILES string of the molecule is CCOc1ccc(-n2c(SCc3ccc([N+](=O)[O-])cc3)nnc2-c2ccco2)cc1. The van der Waals surface area contributed by atoms with Gasteiger partial charge in [0, 0.05) is 17.9 Å². The highest BCUT2D eigenvalue weighted by Crippen LogP contribution is 2.31. The molecule has 0 aliphatic carbocycles. The first-order valence-electron chi connectivity index (χ1n) is 9.24. The summed E-state index contributed by atoms with van der Waals surface area (Å²) in [5.74, 6) is 2.58. The molecule has 2 heterocycles. The standard InChI is InChI=1S/C21H18N4O4S/c1-2-28-18-11-9-16(10-12-18)24-20(19-4-3-13-29-19)22-23-21(24)30-14-15-5-7-17(8-6-15)25(26)27/h3-13H,2,14H2,1H3. The minimum atomic E-state index is -0.408. The van der Waals surface area contributed by atoms with Crippen LogP contribution in [0.1, 0.15) is 12.5 Å². The first kappa shape index (κ1) is 19.7. The molecule has 0 aliphatic rings. The second-order valence-electron chi connectivity index (χ2n) is 6.26. The number of rotatable bonds is 8. The van der Waals surface area contributed by atoms with E-state index in [0.29, 0.717) is 29.1 Å². The fourth-order valence-electron chi connectivity index (χ4n) is 2.88. The first-order chi connectivity index (χ1) is 14.7. The van der Waals surface area contributed by atoms with Crippen LogP contribution in [0.5, 0.6) is 5.75 Å². The van der Waals surface area contributed by atoms with Gasteiger partial charge < -0.3 is 9.15 Å². The van der Waals surface area contributed by atoms with Gasteiger partial charge in [-0.2, -0.15) is 0 Å². The predicted molar refractivity (Wildman–Crippen MR) is 113 cm³/mol. The van der Waals surface area contributed by atoms with Crippen molar-refractivity contribution < 1.29 is 14.1 Å². The Hall–Kier alpha value is -3.59. The van der Waals surface area contributed by atoms with Gasteiger partial charge in [0.1, 0.15) is 5.75 Å². The van der Waals surface area contributed by atoms with E-state index in [9.17, 15) is 10.1 Å². The van der Waals surface area contributed by atoms with E-state index in [1.807, 2.05) is 41.8 Å². The third-order valence-electron chi connectivity index (χ3n) is 4.30. The number of nitro benzene ring substituents is 1. The number of hydrogen-bond donors (Lipinski definition) is 0. The van der Waals surface area contributed by atoms with E-state index in [0.717, 1.165) is 17.0 Å². The van der Waals surface area contributed by atoms with Crippen LogP contribution >= 0.6 is 11.8 Å². The number of hydrogen-bond acceptors (Lipinski definition) is 7. The molecule has 0 amide bonds. The molecule has 0 radical (unpaired) electrons. The van der Waals surface area contributed by atoms with E-state index in [2.05, 4.69) is 10.2 Å². The van der Waals surface area contributed by atoms with Crippen molar-refractivity contribution in [3.05, 3.63) is 82.6 Å². The van der Waals surface area contributed by atoms with Gasteiger partial charge >= 0.3 is 0 Å². The number of furan rings is 1. The van der Waals surface area contributed by atoms with Crippen molar-refractivity contribution >= 4 is 17.4 Å². The van der Waals surface area contributed by atoms with Crippen LogP contribution in [0.2, 0.25) is 0 Å². The molecule has 0 atom stereocenters. The molecule has 0 fully saturated rings. The Morgan fingerprint density at radius 2 is 1.87 bits per heavy atom. The molecule has 0 saturated carbocycles. The molecular formula is C21H18N4O4S. The molecule has 0 saturated heterocycles. The van der Waals surface area contributed by atoms with Crippen LogP contribution in [-0.4, -0.2) is 26.3 Å². The molecule has 4 rings (SSSR count). The minimum absolute atomic E-state index is 0.0708. The normalized spacial score (nSPS) is 10.8. The van der Waals surface area contributed by atoms with Crippen molar-refractivity contribution in [3.8, 4) is 23.0 Å². The summed E-state index contributed by atoms with van der Waals surface area (Å²) in [7, 11) is 0. The molecule has 0 spiro atoms. The Balaban J connectivity index is 1.63. The summed E-state index contributed by atoms with van der Waals surface area (Å²) in [4.78, 5) is 10.4. The first-order valence-corrected chi connectivity index (χ1v) is 10.2. The molecule has 0 aliphatic heterocycles. The molecule has 0 unspecified atom stereocenters. The maximum Gasteiger partial charge on any atom is 0.269 e. The summed E-state index contributed by atoms with van der Waals surface area (Å²) in [6, 6.07) is 17.8. The molecule has 0 N–H and O–H groups in total. The number of nitrogens with zero attached hydrogens (tertiary/aromatic N) is 4. The molecule has 30 heavy (non-hydrogen) atoms. The number of nitro groups is 1. The average Bonchev–Trinajstić information content (AvgIpc) is 3.43. The Bertz CT molecular complexity index is 1120. The van der Waals surface area contributed by atoms with Crippen LogP contribution in [-0.2, 0) is 5.75 Å². The van der Waals surface area contributed by atoms with Gasteiger partial charge in [0.2, 0.25) is 5.82 Å². The van der Waals surface area contributed by atoms with Crippen molar-refractivity contribution in [1.82, 2.24) is 14.8 Å². The van der Waals surface area contributed by atoms with Crippen LogP contribution in [0.15, 0.2) is 76.5 Å². The molecular weight excluding hydrogens is 404 g/mol. The highest BCUT2D eigenvalue weighted by Gasteiger charge is 2.18. The lowest BCUT2D eigenvalue weighted by Gasteiger charge is -2.10. The maximum atomic E-state index is 10.8. The summed E-state index contributed by atoms with van der Waals surface area (Å²) in [5, 5.41) is 20.2. The predicted octanol–water partition coefficient (Wildman–Crippen LogP) is 5.13. The van der Waals surface area contributed by atoms with Crippen LogP contribution in [0.3, 0.4) is 0 Å². The second-order valence-corrected chi connectivity index (χ2v) is 7.20. The lowest BCUT2D eigenvalue weighted by Crippen LogP contribution is -2.00. The Kier molecular flexibility index (Phi) is 5.80. The number of benzene rings is 2. The largest absolute Gasteiger partial charge is 0.494 e. The van der Waals surface area contributed by atoms with Crippen molar-refractivity contribution in [2.24, 2.45) is 0 Å². The van der Waals surface area contributed by atoms with Gasteiger partial charge in [-0.15, -0.1) is 10.2 Å². The average molecular weight is 422 g/mol. The fraction of sp³-hybridized carbons (Fsp3) is 0.143. The number of aromatic nitrogens is 3. The van der Waals surface area contributed by atoms with Gasteiger partial charge in [0.25, 0.3) is 5.69 Å². The number of non-ortho nitro benzene ring substituents is 1. The van der Waals surface area contributed by atoms with E-state index in [-0.39, 0.29) is 5.69 Å². The van der Waals surface area contributed by atoms with Crippen LogP contribution in [0.4, 0.5) is 5.69 Å². The molecule has 8 nitrogen and oxygen atoms in total. The quantitative estimate of drug-likeness (QED) is 0.221. The highest BCUT2D eigenvalue weighted by atomic mass is 32.2. The summed E-state index contributed by atoms with van der Waals surface area (Å²) in [5.41, 5.74) is 1.90. The van der Waals surface area contributed by atoms with E-state index in [1.165, 1.54) is 23.9 Å². The monoisotopic (exact) mass is 422 g/mol. The second kappa shape index (κ2) is 8.83. The Morgan fingerprint density at radius 1 is 1.10 bits per heavy atom. The minimum Gasteiger partial charge on any atom is -0.494 e. The smallest absolute Gasteiger partial charge is 0.269 e. The molecule has 2 aromatic carbocycles. The van der Waals surface area contributed by atoms with Crippen LogP contribution in [0, 0.1) is 10.1 Å². The molecule has 4 aromatic rings. The summed E-state index contributed by atoms with van der Waals surface area (Å²) in [6.07, 6.45) is 1.59. The van der Waals surface area contributed by atoms with Crippen molar-refractivity contribution in [2.75, 3.05) is 6.61 Å². The van der Waals surface area contributed by atoms with Gasteiger partial charge in [-0.3, -0.25) is 14.7 Å². The zero-order chi connectivity index (χ0) is 20.9. The third kappa shape index (κ3) is 4.20. The van der Waals surface area contributed by atoms with Gasteiger partial charge in [-0.25, -0.2) is 0 Å². The fourth-order valence-corrected chi connectivity index (χ4v) is 3.79. The van der Waals surface area contributed by atoms with Gasteiger partial charge in [-0.1, -0.05) is 23.9 Å². The van der Waals surface area contributed by atoms with Crippen LogP contribution in [0.25, 0.3) is 17.3 Å². The van der Waals surface area contributed by atoms with Crippen molar-refractivity contribution in [3.63, 3.8) is 0 Å². The lowest BCUT2D eigenvalue weighted by molar-refractivity contribution is -0.384. The molecule has 0 bridgehead atoms. The van der Waals surface area contributed by atoms with E-state index < -0.39 is 4.92 Å². The van der Waals surface area contributed by atoms with Gasteiger partial charge in [-0.05, 0) is 48.9 Å². The zero-order valence-corrected chi connectivity index (χ0v) is 16.9. The Labute approximate surface area is 176 Å². The van der Waals surface area contributed by atoms with Gasteiger partial charge in [0.15, 0.2) is 10.9 Å². The molecule has 9 heteroatoms. The van der Waals surface area contributed by atoms with E-state index in [1.54, 1.807) is 24.5 Å².